The standard InChI is InChI=1S/C25H24FN3O3/c26-21-12-19(10-11-20(21)25(30)31)23-24(27)28-13-22(29-23)18-8-6-17(7-9-18)15-32-14-16-4-2-1-3-5-16/h1-5,8,10-13,17H,6-7,9,14-15H2,(H2,27,28)(H,30,31). The van der Waals surface area contributed by atoms with E-state index in [1.807, 2.05) is 18.2 Å². The Labute approximate surface area is 185 Å². The van der Waals surface area contributed by atoms with Crippen molar-refractivity contribution in [2.24, 2.45) is 5.92 Å². The molecule has 0 aliphatic heterocycles. The smallest absolute Gasteiger partial charge is 0.338 e. The molecule has 32 heavy (non-hydrogen) atoms. The summed E-state index contributed by atoms with van der Waals surface area (Å²) in [5, 5.41) is 9.02. The van der Waals surface area contributed by atoms with Gasteiger partial charge in [0.05, 0.1) is 30.7 Å². The number of benzene rings is 2. The maximum absolute atomic E-state index is 14.1. The third-order valence-corrected chi connectivity index (χ3v) is 5.59. The number of rotatable bonds is 7. The van der Waals surface area contributed by atoms with E-state index in [1.54, 1.807) is 6.20 Å². The number of allylic oxidation sites excluding steroid dienone is 2. The van der Waals surface area contributed by atoms with Crippen LogP contribution >= 0.6 is 0 Å². The summed E-state index contributed by atoms with van der Waals surface area (Å²) in [5.74, 6) is -1.55. The lowest BCUT2D eigenvalue weighted by molar-refractivity contribution is 0.0692. The van der Waals surface area contributed by atoms with Crippen LogP contribution in [0, 0.1) is 11.7 Å². The van der Waals surface area contributed by atoms with Gasteiger partial charge in [-0.05, 0) is 48.4 Å². The largest absolute Gasteiger partial charge is 0.478 e. The predicted octanol–water partition coefficient (Wildman–Crippen LogP) is 4.96. The monoisotopic (exact) mass is 433 g/mol. The molecule has 7 heteroatoms. The van der Waals surface area contributed by atoms with Gasteiger partial charge in [0.2, 0.25) is 0 Å². The Morgan fingerprint density at radius 3 is 2.72 bits per heavy atom. The van der Waals surface area contributed by atoms with Gasteiger partial charge in [-0.3, -0.25) is 0 Å². The number of carbonyl (C=O) groups is 1. The molecule has 164 valence electrons. The Bertz CT molecular complexity index is 1150. The molecule has 0 fully saturated rings. The van der Waals surface area contributed by atoms with Crippen LogP contribution in [-0.2, 0) is 11.3 Å². The Kier molecular flexibility index (Phi) is 6.56. The third kappa shape index (κ3) is 5.00. The molecular formula is C25H24FN3O3. The average Bonchev–Trinajstić information content (AvgIpc) is 2.80. The van der Waals surface area contributed by atoms with Crippen LogP contribution in [0.5, 0.6) is 0 Å². The van der Waals surface area contributed by atoms with Crippen molar-refractivity contribution in [1.82, 2.24) is 9.97 Å². The summed E-state index contributed by atoms with van der Waals surface area (Å²) >= 11 is 0. The van der Waals surface area contributed by atoms with E-state index in [1.165, 1.54) is 12.1 Å². The van der Waals surface area contributed by atoms with Crippen LogP contribution in [0.3, 0.4) is 0 Å². The fourth-order valence-corrected chi connectivity index (χ4v) is 3.79. The molecule has 3 aromatic rings. The molecule has 1 atom stereocenters. The number of carboxylic acids is 1. The number of hydrogen-bond acceptors (Lipinski definition) is 5. The number of nitrogens with two attached hydrogens (primary N) is 1. The minimum atomic E-state index is -1.32. The van der Waals surface area contributed by atoms with Crippen LogP contribution in [0.2, 0.25) is 0 Å². The predicted molar refractivity (Wildman–Crippen MR) is 120 cm³/mol. The number of nitrogens with zero attached hydrogens (tertiary/aromatic N) is 2. The summed E-state index contributed by atoms with van der Waals surface area (Å²) in [5.41, 5.74) is 9.24. The van der Waals surface area contributed by atoms with E-state index in [-0.39, 0.29) is 5.82 Å². The summed E-state index contributed by atoms with van der Waals surface area (Å²) in [7, 11) is 0. The zero-order chi connectivity index (χ0) is 22.5. The van der Waals surface area contributed by atoms with Crippen LogP contribution in [0.1, 0.15) is 40.9 Å². The molecule has 1 unspecified atom stereocenters. The van der Waals surface area contributed by atoms with Crippen molar-refractivity contribution < 1.29 is 19.0 Å². The second-order valence-electron chi connectivity index (χ2n) is 7.86. The van der Waals surface area contributed by atoms with Gasteiger partial charge in [0.1, 0.15) is 17.3 Å². The number of carboxylic acid groups (broad SMARTS) is 1. The lowest BCUT2D eigenvalue weighted by atomic mass is 9.89. The van der Waals surface area contributed by atoms with Crippen molar-refractivity contribution in [3.8, 4) is 11.3 Å². The van der Waals surface area contributed by atoms with E-state index in [4.69, 9.17) is 15.6 Å². The summed E-state index contributed by atoms with van der Waals surface area (Å²) in [6.45, 7) is 1.31. The summed E-state index contributed by atoms with van der Waals surface area (Å²) in [4.78, 5) is 19.9. The molecule has 1 aliphatic carbocycles. The SMILES string of the molecule is Nc1ncc(C2=CCC(COCc3ccccc3)CC2)nc1-c1ccc(C(=O)O)c(F)c1. The summed E-state index contributed by atoms with van der Waals surface area (Å²) in [6, 6.07) is 13.9. The first-order valence-electron chi connectivity index (χ1n) is 10.5. The molecule has 0 saturated carbocycles. The van der Waals surface area contributed by atoms with Gasteiger partial charge < -0.3 is 15.6 Å². The van der Waals surface area contributed by atoms with E-state index in [0.29, 0.717) is 36.1 Å². The molecular weight excluding hydrogens is 409 g/mol. The van der Waals surface area contributed by atoms with E-state index < -0.39 is 17.3 Å². The van der Waals surface area contributed by atoms with Crippen LogP contribution < -0.4 is 5.73 Å². The van der Waals surface area contributed by atoms with Gasteiger partial charge in [0, 0.05) is 5.56 Å². The molecule has 0 bridgehead atoms. The Hall–Kier alpha value is -3.58. The molecule has 0 saturated heterocycles. The van der Waals surface area contributed by atoms with Crippen molar-refractivity contribution in [3.63, 3.8) is 0 Å². The van der Waals surface area contributed by atoms with Gasteiger partial charge in [-0.25, -0.2) is 19.2 Å². The maximum Gasteiger partial charge on any atom is 0.338 e. The lowest BCUT2D eigenvalue weighted by Gasteiger charge is -2.22. The third-order valence-electron chi connectivity index (χ3n) is 5.59. The van der Waals surface area contributed by atoms with Crippen molar-refractivity contribution >= 4 is 17.4 Å². The second kappa shape index (κ2) is 9.70. The first-order chi connectivity index (χ1) is 15.5. The fourth-order valence-electron chi connectivity index (χ4n) is 3.79. The van der Waals surface area contributed by atoms with Crippen LogP contribution in [0.4, 0.5) is 10.2 Å². The molecule has 1 heterocycles. The van der Waals surface area contributed by atoms with Gasteiger partial charge in [-0.2, -0.15) is 0 Å². The van der Waals surface area contributed by atoms with Gasteiger partial charge in [0.25, 0.3) is 0 Å². The number of hydrogen-bond donors (Lipinski definition) is 2. The van der Waals surface area contributed by atoms with Crippen LogP contribution in [-0.4, -0.2) is 27.7 Å². The Balaban J connectivity index is 1.43. The maximum atomic E-state index is 14.1. The average molecular weight is 433 g/mol. The van der Waals surface area contributed by atoms with E-state index in [9.17, 15) is 9.18 Å². The van der Waals surface area contributed by atoms with Gasteiger partial charge in [-0.1, -0.05) is 42.5 Å². The summed E-state index contributed by atoms with van der Waals surface area (Å²) < 4.78 is 20.0. The van der Waals surface area contributed by atoms with Crippen LogP contribution in [0.15, 0.2) is 60.8 Å². The summed E-state index contributed by atoms with van der Waals surface area (Å²) in [6.07, 6.45) is 6.47. The topological polar surface area (TPSA) is 98.3 Å². The molecule has 0 radical (unpaired) electrons. The Morgan fingerprint density at radius 1 is 1.22 bits per heavy atom. The number of anilines is 1. The number of aromatic nitrogens is 2. The number of ether oxygens (including phenoxy) is 1. The molecule has 3 N–H and O–H groups in total. The number of aromatic carboxylic acids is 1. The zero-order valence-corrected chi connectivity index (χ0v) is 17.5. The van der Waals surface area contributed by atoms with Crippen molar-refractivity contribution in [1.29, 1.82) is 0 Å². The Morgan fingerprint density at radius 2 is 2.03 bits per heavy atom. The molecule has 0 spiro atoms. The molecule has 6 nitrogen and oxygen atoms in total. The first kappa shape index (κ1) is 21.6. The van der Waals surface area contributed by atoms with Crippen molar-refractivity contribution in [2.75, 3.05) is 12.3 Å². The van der Waals surface area contributed by atoms with Gasteiger partial charge in [0.15, 0.2) is 0 Å². The molecule has 4 rings (SSSR count). The second-order valence-corrected chi connectivity index (χ2v) is 7.86. The number of nitrogen functional groups attached to an aromatic ring is 1. The molecule has 2 aromatic carbocycles. The zero-order valence-electron chi connectivity index (χ0n) is 17.5. The molecule has 0 amide bonds. The highest BCUT2D eigenvalue weighted by atomic mass is 19.1. The van der Waals surface area contributed by atoms with E-state index in [0.717, 1.165) is 36.5 Å². The highest BCUT2D eigenvalue weighted by Crippen LogP contribution is 2.32. The van der Waals surface area contributed by atoms with Gasteiger partial charge >= 0.3 is 5.97 Å². The van der Waals surface area contributed by atoms with E-state index >= 15 is 0 Å². The highest BCUT2D eigenvalue weighted by Gasteiger charge is 2.19. The quantitative estimate of drug-likeness (QED) is 0.546. The van der Waals surface area contributed by atoms with E-state index in [2.05, 4.69) is 28.2 Å². The van der Waals surface area contributed by atoms with Crippen LogP contribution in [0.25, 0.3) is 16.8 Å². The van der Waals surface area contributed by atoms with Crippen molar-refractivity contribution in [3.05, 3.63) is 83.4 Å². The number of halogens is 1. The fraction of sp³-hybridized carbons (Fsp3) is 0.240. The minimum Gasteiger partial charge on any atom is -0.478 e. The molecule has 1 aromatic heterocycles. The molecule has 1 aliphatic rings. The minimum absolute atomic E-state index is 0.167. The lowest BCUT2D eigenvalue weighted by Crippen LogP contribution is -2.13. The van der Waals surface area contributed by atoms with Crippen molar-refractivity contribution in [2.45, 2.75) is 25.9 Å². The first-order valence-corrected chi connectivity index (χ1v) is 10.5. The normalized spacial score (nSPS) is 15.9. The van der Waals surface area contributed by atoms with Gasteiger partial charge in [-0.15, -0.1) is 0 Å². The highest BCUT2D eigenvalue weighted by molar-refractivity contribution is 5.89.